The van der Waals surface area contributed by atoms with Crippen molar-refractivity contribution in [2.75, 3.05) is 37.7 Å². The van der Waals surface area contributed by atoms with E-state index in [2.05, 4.69) is 35.8 Å². The predicted molar refractivity (Wildman–Crippen MR) is 70.8 cm³/mol. The number of hydrogen-bond donors (Lipinski definition) is 1. The summed E-state index contributed by atoms with van der Waals surface area (Å²) < 4.78 is 0. The second-order valence-electron chi connectivity index (χ2n) is 4.26. The first-order chi connectivity index (χ1) is 7.36. The van der Waals surface area contributed by atoms with Crippen LogP contribution in [-0.4, -0.2) is 48.6 Å². The van der Waals surface area contributed by atoms with Crippen LogP contribution in [0.5, 0.6) is 0 Å². The van der Waals surface area contributed by atoms with Crippen molar-refractivity contribution in [3.8, 4) is 0 Å². The summed E-state index contributed by atoms with van der Waals surface area (Å²) in [5.74, 6) is 2.59. The molecule has 0 radical (unpaired) electrons. The molecule has 0 aromatic heterocycles. The summed E-state index contributed by atoms with van der Waals surface area (Å²) in [5, 5.41) is 3.62. The summed E-state index contributed by atoms with van der Waals surface area (Å²) in [5.41, 5.74) is 0. The number of rotatable bonds is 6. The fourth-order valence-corrected chi connectivity index (χ4v) is 2.71. The van der Waals surface area contributed by atoms with Crippen molar-refractivity contribution in [3.63, 3.8) is 0 Å². The molecule has 0 saturated carbocycles. The molecule has 1 fully saturated rings. The molecule has 0 amide bonds. The molecule has 0 spiro atoms. The molecule has 0 aromatic carbocycles. The Morgan fingerprint density at radius 1 is 1.40 bits per heavy atom. The average Bonchev–Trinajstić information content (AvgIpc) is 2.49. The molecular weight excluding hydrogens is 204 g/mol. The Morgan fingerprint density at radius 2 is 2.27 bits per heavy atom. The van der Waals surface area contributed by atoms with Crippen LogP contribution in [0.25, 0.3) is 0 Å². The third-order valence-electron chi connectivity index (χ3n) is 3.02. The SMILES string of the molecule is CCSCCCN1CCCNC(CC)C1. The van der Waals surface area contributed by atoms with E-state index in [4.69, 9.17) is 0 Å². The average molecular weight is 230 g/mol. The lowest BCUT2D eigenvalue weighted by molar-refractivity contribution is 0.266. The van der Waals surface area contributed by atoms with Gasteiger partial charge < -0.3 is 10.2 Å². The lowest BCUT2D eigenvalue weighted by atomic mass is 10.2. The third kappa shape index (κ3) is 5.79. The Labute approximate surface area is 99.2 Å². The summed E-state index contributed by atoms with van der Waals surface area (Å²) in [6.45, 7) is 9.58. The van der Waals surface area contributed by atoms with E-state index in [0.717, 1.165) is 6.04 Å². The molecule has 1 atom stereocenters. The maximum absolute atomic E-state index is 3.62. The quantitative estimate of drug-likeness (QED) is 0.704. The van der Waals surface area contributed by atoms with Crippen molar-refractivity contribution < 1.29 is 0 Å². The van der Waals surface area contributed by atoms with E-state index in [1.54, 1.807) is 0 Å². The van der Waals surface area contributed by atoms with Crippen LogP contribution in [0, 0.1) is 0 Å². The van der Waals surface area contributed by atoms with E-state index in [9.17, 15) is 0 Å². The van der Waals surface area contributed by atoms with Gasteiger partial charge in [-0.15, -0.1) is 0 Å². The van der Waals surface area contributed by atoms with Crippen molar-refractivity contribution in [1.29, 1.82) is 0 Å². The van der Waals surface area contributed by atoms with Gasteiger partial charge in [-0.2, -0.15) is 11.8 Å². The Bertz CT molecular complexity index is 153. The van der Waals surface area contributed by atoms with Crippen molar-refractivity contribution in [3.05, 3.63) is 0 Å². The molecule has 1 unspecified atom stereocenters. The van der Waals surface area contributed by atoms with E-state index in [-0.39, 0.29) is 0 Å². The highest BCUT2D eigenvalue weighted by Gasteiger charge is 2.15. The van der Waals surface area contributed by atoms with Crippen LogP contribution in [0.1, 0.15) is 33.1 Å². The highest BCUT2D eigenvalue weighted by molar-refractivity contribution is 7.99. The largest absolute Gasteiger partial charge is 0.313 e. The molecule has 15 heavy (non-hydrogen) atoms. The summed E-state index contributed by atoms with van der Waals surface area (Å²) in [6.07, 6.45) is 3.94. The predicted octanol–water partition coefficient (Wildman–Crippen LogP) is 2.20. The van der Waals surface area contributed by atoms with Crippen molar-refractivity contribution in [1.82, 2.24) is 10.2 Å². The fraction of sp³-hybridized carbons (Fsp3) is 1.00. The normalized spacial score (nSPS) is 24.0. The van der Waals surface area contributed by atoms with Crippen molar-refractivity contribution in [2.24, 2.45) is 0 Å². The molecule has 1 rings (SSSR count). The van der Waals surface area contributed by atoms with Gasteiger partial charge in [-0.1, -0.05) is 13.8 Å². The summed E-state index contributed by atoms with van der Waals surface area (Å²) >= 11 is 2.07. The van der Waals surface area contributed by atoms with E-state index in [0.29, 0.717) is 0 Å². The monoisotopic (exact) mass is 230 g/mol. The van der Waals surface area contributed by atoms with Gasteiger partial charge >= 0.3 is 0 Å². The van der Waals surface area contributed by atoms with Gasteiger partial charge in [0.25, 0.3) is 0 Å². The van der Waals surface area contributed by atoms with Gasteiger partial charge in [0.05, 0.1) is 0 Å². The molecule has 0 bridgehead atoms. The van der Waals surface area contributed by atoms with Gasteiger partial charge in [0, 0.05) is 12.6 Å². The van der Waals surface area contributed by atoms with Crippen LogP contribution in [0.4, 0.5) is 0 Å². The Morgan fingerprint density at radius 3 is 3.00 bits per heavy atom. The number of hydrogen-bond acceptors (Lipinski definition) is 3. The smallest absolute Gasteiger partial charge is 0.0192 e. The minimum absolute atomic E-state index is 0.728. The molecule has 0 aromatic rings. The number of thioether (sulfide) groups is 1. The second kappa shape index (κ2) is 8.43. The van der Waals surface area contributed by atoms with Gasteiger partial charge in [-0.25, -0.2) is 0 Å². The molecule has 1 saturated heterocycles. The van der Waals surface area contributed by atoms with Crippen LogP contribution in [0.3, 0.4) is 0 Å². The van der Waals surface area contributed by atoms with E-state index in [1.165, 1.54) is 56.9 Å². The van der Waals surface area contributed by atoms with E-state index < -0.39 is 0 Å². The van der Waals surface area contributed by atoms with Gasteiger partial charge in [-0.3, -0.25) is 0 Å². The lowest BCUT2D eigenvalue weighted by Crippen LogP contribution is -2.37. The highest BCUT2D eigenvalue weighted by atomic mass is 32.2. The zero-order valence-electron chi connectivity index (χ0n) is 10.3. The first-order valence-electron chi connectivity index (χ1n) is 6.40. The maximum Gasteiger partial charge on any atom is 0.0192 e. The summed E-state index contributed by atoms with van der Waals surface area (Å²) in [4.78, 5) is 2.64. The summed E-state index contributed by atoms with van der Waals surface area (Å²) in [7, 11) is 0. The van der Waals surface area contributed by atoms with Crippen LogP contribution in [0.2, 0.25) is 0 Å². The second-order valence-corrected chi connectivity index (χ2v) is 5.66. The van der Waals surface area contributed by atoms with Crippen LogP contribution >= 0.6 is 11.8 Å². The first kappa shape index (κ1) is 13.3. The minimum Gasteiger partial charge on any atom is -0.313 e. The zero-order valence-corrected chi connectivity index (χ0v) is 11.1. The first-order valence-corrected chi connectivity index (χ1v) is 7.55. The minimum atomic E-state index is 0.728. The van der Waals surface area contributed by atoms with Gasteiger partial charge in [0.15, 0.2) is 0 Å². The molecule has 1 aliphatic rings. The topological polar surface area (TPSA) is 15.3 Å². The van der Waals surface area contributed by atoms with Gasteiger partial charge in [-0.05, 0) is 50.4 Å². The van der Waals surface area contributed by atoms with Crippen molar-refractivity contribution in [2.45, 2.75) is 39.2 Å². The third-order valence-corrected chi connectivity index (χ3v) is 4.01. The molecule has 0 aliphatic carbocycles. The zero-order chi connectivity index (χ0) is 10.9. The van der Waals surface area contributed by atoms with Crippen molar-refractivity contribution >= 4 is 11.8 Å². The van der Waals surface area contributed by atoms with E-state index >= 15 is 0 Å². The molecule has 2 nitrogen and oxygen atoms in total. The molecule has 1 N–H and O–H groups in total. The molecule has 1 aliphatic heterocycles. The summed E-state index contributed by atoms with van der Waals surface area (Å²) in [6, 6.07) is 0.728. The highest BCUT2D eigenvalue weighted by Crippen LogP contribution is 2.06. The maximum atomic E-state index is 3.62. The Hall–Kier alpha value is 0.270. The van der Waals surface area contributed by atoms with Gasteiger partial charge in [0.2, 0.25) is 0 Å². The van der Waals surface area contributed by atoms with Crippen LogP contribution < -0.4 is 5.32 Å². The Balaban J connectivity index is 2.15. The van der Waals surface area contributed by atoms with Crippen LogP contribution in [0.15, 0.2) is 0 Å². The standard InChI is InChI=1S/C12H26N2S/c1-3-12-11-14(8-5-7-13-12)9-6-10-15-4-2/h12-13H,3-11H2,1-2H3. The molecular formula is C12H26N2S. The lowest BCUT2D eigenvalue weighted by Gasteiger charge is -2.23. The fourth-order valence-electron chi connectivity index (χ4n) is 2.09. The molecule has 3 heteroatoms. The number of nitrogens with one attached hydrogen (secondary N) is 1. The Kier molecular flexibility index (Phi) is 7.49. The number of nitrogens with zero attached hydrogens (tertiary/aromatic N) is 1. The van der Waals surface area contributed by atoms with Crippen LogP contribution in [-0.2, 0) is 0 Å². The van der Waals surface area contributed by atoms with Gasteiger partial charge in [0.1, 0.15) is 0 Å². The van der Waals surface area contributed by atoms with E-state index in [1.807, 2.05) is 0 Å². The molecule has 90 valence electrons. The molecule has 1 heterocycles.